The van der Waals surface area contributed by atoms with Crippen LogP contribution >= 0.6 is 0 Å². The number of ether oxygens (including phenoxy) is 3. The van der Waals surface area contributed by atoms with Crippen molar-refractivity contribution in [2.45, 2.75) is 187 Å². The van der Waals surface area contributed by atoms with Gasteiger partial charge in [-0.1, -0.05) is 143 Å². The lowest BCUT2D eigenvalue weighted by atomic mass is 10.1. The van der Waals surface area contributed by atoms with Crippen molar-refractivity contribution in [2.24, 2.45) is 0 Å². The molecule has 0 aliphatic rings. The zero-order valence-electron chi connectivity index (χ0n) is 26.6. The van der Waals surface area contributed by atoms with Crippen LogP contribution in [0.3, 0.4) is 0 Å². The van der Waals surface area contributed by atoms with Crippen LogP contribution in [0.25, 0.3) is 0 Å². The summed E-state index contributed by atoms with van der Waals surface area (Å²) < 4.78 is 16.4. The molecule has 0 unspecified atom stereocenters. The van der Waals surface area contributed by atoms with Crippen LogP contribution in [0, 0.1) is 0 Å². The Hall–Kier alpha value is -1.59. The van der Waals surface area contributed by atoms with E-state index in [4.69, 9.17) is 14.2 Å². The van der Waals surface area contributed by atoms with Crippen LogP contribution in [0.4, 0.5) is 0 Å². The smallest absolute Gasteiger partial charge is 0.306 e. The van der Waals surface area contributed by atoms with Gasteiger partial charge in [0.25, 0.3) is 0 Å². The lowest BCUT2D eigenvalue weighted by Crippen LogP contribution is -2.30. The molecule has 0 fully saturated rings. The Balaban J connectivity index is 4.27. The zero-order chi connectivity index (χ0) is 29.5. The molecule has 0 aromatic rings. The summed E-state index contributed by atoms with van der Waals surface area (Å²) in [5, 5.41) is 0. The molecule has 1 atom stereocenters. The number of esters is 3. The minimum atomic E-state index is -0.752. The Morgan fingerprint density at radius 3 is 1.00 bits per heavy atom. The standard InChI is InChI=1S/C34H64O6/c1-4-7-10-13-15-16-17-19-22-24-27-33(36)39-30-31(40-34(37)28-25-20-12-9-6-3)29-38-32(35)26-23-21-18-14-11-8-5-2/h31H,4-30H2,1-3H3/t31-/m0/s1. The second-order valence-electron chi connectivity index (χ2n) is 11.4. The molecule has 0 aliphatic carbocycles. The highest BCUT2D eigenvalue weighted by Gasteiger charge is 2.19. The van der Waals surface area contributed by atoms with E-state index in [1.807, 2.05) is 0 Å². The number of hydrogen-bond donors (Lipinski definition) is 0. The first-order valence-electron chi connectivity index (χ1n) is 17.0. The fourth-order valence-electron chi connectivity index (χ4n) is 4.73. The summed E-state index contributed by atoms with van der Waals surface area (Å²) >= 11 is 0. The summed E-state index contributed by atoms with van der Waals surface area (Å²) in [5.74, 6) is -0.893. The molecule has 0 N–H and O–H groups in total. The summed E-state index contributed by atoms with van der Waals surface area (Å²) in [4.78, 5) is 36.9. The first-order valence-corrected chi connectivity index (χ1v) is 17.0. The van der Waals surface area contributed by atoms with Crippen molar-refractivity contribution >= 4 is 17.9 Å². The molecule has 0 aliphatic heterocycles. The molecule has 0 bridgehead atoms. The van der Waals surface area contributed by atoms with E-state index in [0.717, 1.165) is 64.2 Å². The van der Waals surface area contributed by atoms with Crippen molar-refractivity contribution in [2.75, 3.05) is 13.2 Å². The Labute approximate surface area is 247 Å². The number of unbranched alkanes of at least 4 members (excludes halogenated alkanes) is 19. The maximum atomic E-state index is 12.4. The van der Waals surface area contributed by atoms with Gasteiger partial charge in [0.2, 0.25) is 0 Å². The molecule has 0 saturated heterocycles. The van der Waals surface area contributed by atoms with Crippen molar-refractivity contribution in [3.63, 3.8) is 0 Å². The van der Waals surface area contributed by atoms with E-state index >= 15 is 0 Å². The lowest BCUT2D eigenvalue weighted by Gasteiger charge is -2.18. The SMILES string of the molecule is CCCCCCCCCCCCC(=O)OC[C@H](COC(=O)CCCCCCCCC)OC(=O)CCCCCCC. The highest BCUT2D eigenvalue weighted by molar-refractivity contribution is 5.71. The molecule has 0 spiro atoms. The van der Waals surface area contributed by atoms with E-state index in [1.54, 1.807) is 0 Å². The zero-order valence-corrected chi connectivity index (χ0v) is 26.6. The molecule has 0 saturated carbocycles. The largest absolute Gasteiger partial charge is 0.462 e. The van der Waals surface area contributed by atoms with Gasteiger partial charge in [-0.2, -0.15) is 0 Å². The van der Waals surface area contributed by atoms with Gasteiger partial charge in [0.15, 0.2) is 6.10 Å². The molecule has 0 aromatic carbocycles. The predicted octanol–water partition coefficient (Wildman–Crippen LogP) is 9.80. The molecule has 0 aromatic heterocycles. The molecule has 40 heavy (non-hydrogen) atoms. The van der Waals surface area contributed by atoms with Gasteiger partial charge in [0.05, 0.1) is 0 Å². The second kappa shape index (κ2) is 30.4. The van der Waals surface area contributed by atoms with E-state index in [-0.39, 0.29) is 31.1 Å². The molecule has 0 heterocycles. The minimum Gasteiger partial charge on any atom is -0.462 e. The molecule has 236 valence electrons. The quantitative estimate of drug-likeness (QED) is 0.0487. The Morgan fingerprint density at radius 1 is 0.400 bits per heavy atom. The van der Waals surface area contributed by atoms with E-state index in [2.05, 4.69) is 20.8 Å². The van der Waals surface area contributed by atoms with Crippen molar-refractivity contribution in [3.8, 4) is 0 Å². The van der Waals surface area contributed by atoms with Crippen LogP contribution in [0.5, 0.6) is 0 Å². The second-order valence-corrected chi connectivity index (χ2v) is 11.4. The van der Waals surface area contributed by atoms with E-state index in [0.29, 0.717) is 19.3 Å². The number of carbonyl (C=O) groups excluding carboxylic acids is 3. The third-order valence-electron chi connectivity index (χ3n) is 7.36. The number of carbonyl (C=O) groups is 3. The monoisotopic (exact) mass is 568 g/mol. The van der Waals surface area contributed by atoms with Crippen molar-refractivity contribution in [1.82, 2.24) is 0 Å². The predicted molar refractivity (Wildman–Crippen MR) is 164 cm³/mol. The summed E-state index contributed by atoms with van der Waals surface area (Å²) in [6, 6.07) is 0. The third-order valence-corrected chi connectivity index (χ3v) is 7.36. The topological polar surface area (TPSA) is 78.9 Å². The molecule has 0 amide bonds. The van der Waals surface area contributed by atoms with Gasteiger partial charge in [-0.15, -0.1) is 0 Å². The summed E-state index contributed by atoms with van der Waals surface area (Å²) in [6.45, 7) is 6.46. The normalized spacial score (nSPS) is 11.8. The fourth-order valence-corrected chi connectivity index (χ4v) is 4.73. The van der Waals surface area contributed by atoms with Gasteiger partial charge in [-0.3, -0.25) is 14.4 Å². The highest BCUT2D eigenvalue weighted by Crippen LogP contribution is 2.13. The van der Waals surface area contributed by atoms with E-state index in [9.17, 15) is 14.4 Å². The fraction of sp³-hybridized carbons (Fsp3) is 0.912. The average molecular weight is 569 g/mol. The van der Waals surface area contributed by atoms with Gasteiger partial charge in [-0.25, -0.2) is 0 Å². The Morgan fingerprint density at radius 2 is 0.675 bits per heavy atom. The Kier molecular flexibility index (Phi) is 29.2. The highest BCUT2D eigenvalue weighted by atomic mass is 16.6. The minimum absolute atomic E-state index is 0.0666. The third kappa shape index (κ3) is 28.0. The molecule has 6 heteroatoms. The van der Waals surface area contributed by atoms with Crippen LogP contribution in [0.15, 0.2) is 0 Å². The summed E-state index contributed by atoms with van der Waals surface area (Å²) in [5.41, 5.74) is 0. The van der Waals surface area contributed by atoms with Crippen LogP contribution in [0.2, 0.25) is 0 Å². The van der Waals surface area contributed by atoms with E-state index in [1.165, 1.54) is 77.0 Å². The molecule has 0 rings (SSSR count). The van der Waals surface area contributed by atoms with Crippen molar-refractivity contribution in [3.05, 3.63) is 0 Å². The maximum Gasteiger partial charge on any atom is 0.306 e. The molecular weight excluding hydrogens is 504 g/mol. The molecular formula is C34H64O6. The molecule has 6 nitrogen and oxygen atoms in total. The first-order chi connectivity index (χ1) is 19.5. The van der Waals surface area contributed by atoms with Crippen molar-refractivity contribution < 1.29 is 28.6 Å². The van der Waals surface area contributed by atoms with Gasteiger partial charge in [-0.05, 0) is 19.3 Å². The van der Waals surface area contributed by atoms with Gasteiger partial charge >= 0.3 is 17.9 Å². The number of rotatable bonds is 30. The summed E-state index contributed by atoms with van der Waals surface area (Å²) in [7, 11) is 0. The van der Waals surface area contributed by atoms with Crippen LogP contribution in [-0.2, 0) is 28.6 Å². The Bertz CT molecular complexity index is 591. The average Bonchev–Trinajstić information content (AvgIpc) is 2.94. The lowest BCUT2D eigenvalue weighted by molar-refractivity contribution is -0.167. The van der Waals surface area contributed by atoms with Gasteiger partial charge in [0, 0.05) is 19.3 Å². The van der Waals surface area contributed by atoms with Gasteiger partial charge < -0.3 is 14.2 Å². The number of hydrogen-bond acceptors (Lipinski definition) is 6. The van der Waals surface area contributed by atoms with Crippen LogP contribution in [-0.4, -0.2) is 37.2 Å². The van der Waals surface area contributed by atoms with Crippen LogP contribution < -0.4 is 0 Å². The van der Waals surface area contributed by atoms with Crippen LogP contribution in [0.1, 0.15) is 181 Å². The first kappa shape index (κ1) is 38.4. The van der Waals surface area contributed by atoms with Crippen molar-refractivity contribution in [1.29, 1.82) is 0 Å². The maximum absolute atomic E-state index is 12.4. The van der Waals surface area contributed by atoms with E-state index < -0.39 is 6.10 Å². The summed E-state index contributed by atoms with van der Waals surface area (Å²) in [6.07, 6.45) is 25.5. The molecule has 0 radical (unpaired) electrons. The van der Waals surface area contributed by atoms with Gasteiger partial charge in [0.1, 0.15) is 13.2 Å².